The summed E-state index contributed by atoms with van der Waals surface area (Å²) in [5, 5.41) is 7.47. The van der Waals surface area contributed by atoms with E-state index in [0.29, 0.717) is 17.2 Å². The number of rotatable bonds is 4. The van der Waals surface area contributed by atoms with E-state index < -0.39 is 5.97 Å². The van der Waals surface area contributed by atoms with Gasteiger partial charge in [0.05, 0.1) is 12.6 Å². The highest BCUT2D eigenvalue weighted by molar-refractivity contribution is 5.99. The second kappa shape index (κ2) is 5.29. The third-order valence-electron chi connectivity index (χ3n) is 2.49. The Labute approximate surface area is 107 Å². The van der Waals surface area contributed by atoms with Crippen LogP contribution in [-0.4, -0.2) is 29.4 Å². The Balaban J connectivity index is 3.27. The fourth-order valence-corrected chi connectivity index (χ4v) is 1.61. The molecule has 0 fully saturated rings. The molecule has 6 heteroatoms. The van der Waals surface area contributed by atoms with Crippen LogP contribution in [0.2, 0.25) is 0 Å². The minimum atomic E-state index is -0.471. The molecule has 0 aliphatic carbocycles. The highest BCUT2D eigenvalue weighted by Gasteiger charge is 2.27. The SMILES string of the molecule is CCCNc1nn(C(C)(C)C)c(N)c1C(=O)OC. The molecule has 0 atom stereocenters. The van der Waals surface area contributed by atoms with Crippen LogP contribution >= 0.6 is 0 Å². The van der Waals surface area contributed by atoms with Crippen molar-refractivity contribution in [3.05, 3.63) is 5.56 Å². The van der Waals surface area contributed by atoms with Crippen LogP contribution in [0.3, 0.4) is 0 Å². The number of aromatic nitrogens is 2. The van der Waals surface area contributed by atoms with E-state index in [4.69, 9.17) is 10.5 Å². The fraction of sp³-hybridized carbons (Fsp3) is 0.667. The van der Waals surface area contributed by atoms with E-state index in [9.17, 15) is 4.79 Å². The Bertz CT molecular complexity index is 432. The van der Waals surface area contributed by atoms with Gasteiger partial charge in [0.1, 0.15) is 11.4 Å². The molecule has 0 spiro atoms. The van der Waals surface area contributed by atoms with Crippen LogP contribution in [0, 0.1) is 0 Å². The van der Waals surface area contributed by atoms with Crippen LogP contribution in [0.1, 0.15) is 44.5 Å². The number of nitrogens with two attached hydrogens (primary N) is 1. The van der Waals surface area contributed by atoms with Gasteiger partial charge in [0.15, 0.2) is 5.82 Å². The van der Waals surface area contributed by atoms with Crippen molar-refractivity contribution in [2.45, 2.75) is 39.7 Å². The summed E-state index contributed by atoms with van der Waals surface area (Å²) in [5.41, 5.74) is 6.01. The van der Waals surface area contributed by atoms with Gasteiger partial charge in [0.2, 0.25) is 0 Å². The van der Waals surface area contributed by atoms with Gasteiger partial charge in [-0.15, -0.1) is 0 Å². The van der Waals surface area contributed by atoms with E-state index in [1.807, 2.05) is 27.7 Å². The Hall–Kier alpha value is -1.72. The van der Waals surface area contributed by atoms with Crippen molar-refractivity contribution in [3.63, 3.8) is 0 Å². The molecule has 1 aromatic heterocycles. The lowest BCUT2D eigenvalue weighted by Crippen LogP contribution is -2.25. The zero-order valence-electron chi connectivity index (χ0n) is 11.7. The lowest BCUT2D eigenvalue weighted by atomic mass is 10.1. The molecule has 0 saturated carbocycles. The molecule has 102 valence electrons. The summed E-state index contributed by atoms with van der Waals surface area (Å²) < 4.78 is 6.39. The first-order valence-electron chi connectivity index (χ1n) is 6.04. The Kier molecular flexibility index (Phi) is 4.21. The first kappa shape index (κ1) is 14.3. The smallest absolute Gasteiger partial charge is 0.345 e. The molecule has 18 heavy (non-hydrogen) atoms. The summed E-state index contributed by atoms with van der Waals surface area (Å²) in [6, 6.07) is 0. The molecule has 0 saturated heterocycles. The van der Waals surface area contributed by atoms with Crippen LogP contribution in [-0.2, 0) is 10.3 Å². The quantitative estimate of drug-likeness (QED) is 0.801. The average molecular weight is 254 g/mol. The predicted octanol–water partition coefficient (Wildman–Crippen LogP) is 1.83. The number of hydrogen-bond acceptors (Lipinski definition) is 5. The molecule has 0 amide bonds. The first-order valence-corrected chi connectivity index (χ1v) is 6.04. The highest BCUT2D eigenvalue weighted by Crippen LogP contribution is 2.28. The predicted molar refractivity (Wildman–Crippen MR) is 71.8 cm³/mol. The first-order chi connectivity index (χ1) is 8.32. The molecule has 1 rings (SSSR count). The number of carbonyl (C=O) groups excluding carboxylic acids is 1. The Morgan fingerprint density at radius 3 is 2.56 bits per heavy atom. The van der Waals surface area contributed by atoms with Gasteiger partial charge in [-0.2, -0.15) is 5.10 Å². The van der Waals surface area contributed by atoms with Gasteiger partial charge < -0.3 is 15.8 Å². The largest absolute Gasteiger partial charge is 0.465 e. The molecular formula is C12H22N4O2. The van der Waals surface area contributed by atoms with Crippen LogP contribution in [0.25, 0.3) is 0 Å². The lowest BCUT2D eigenvalue weighted by molar-refractivity contribution is 0.0603. The number of methoxy groups -OCH3 is 1. The molecule has 0 radical (unpaired) electrons. The van der Waals surface area contributed by atoms with Crippen molar-refractivity contribution in [1.82, 2.24) is 9.78 Å². The standard InChI is InChI=1S/C12H22N4O2/c1-6-7-14-10-8(11(17)18-5)9(13)16(15-10)12(2,3)4/h6-7,13H2,1-5H3,(H,14,15). The molecular weight excluding hydrogens is 232 g/mol. The zero-order valence-corrected chi connectivity index (χ0v) is 11.7. The maximum atomic E-state index is 11.8. The summed E-state index contributed by atoms with van der Waals surface area (Å²) >= 11 is 0. The number of anilines is 2. The maximum absolute atomic E-state index is 11.8. The van der Waals surface area contributed by atoms with E-state index >= 15 is 0 Å². The monoisotopic (exact) mass is 254 g/mol. The summed E-state index contributed by atoms with van der Waals surface area (Å²) in [7, 11) is 1.33. The molecule has 1 aromatic rings. The fourth-order valence-electron chi connectivity index (χ4n) is 1.61. The van der Waals surface area contributed by atoms with Crippen LogP contribution in [0.5, 0.6) is 0 Å². The van der Waals surface area contributed by atoms with Crippen LogP contribution in [0.4, 0.5) is 11.6 Å². The lowest BCUT2D eigenvalue weighted by Gasteiger charge is -2.20. The van der Waals surface area contributed by atoms with Gasteiger partial charge >= 0.3 is 5.97 Å². The number of hydrogen-bond donors (Lipinski definition) is 2. The number of carbonyl (C=O) groups is 1. The van der Waals surface area contributed by atoms with Crippen molar-refractivity contribution in [1.29, 1.82) is 0 Å². The summed E-state index contributed by atoms with van der Waals surface area (Å²) in [6.07, 6.45) is 0.933. The van der Waals surface area contributed by atoms with E-state index in [1.165, 1.54) is 7.11 Å². The number of ether oxygens (including phenoxy) is 1. The minimum Gasteiger partial charge on any atom is -0.465 e. The van der Waals surface area contributed by atoms with Gasteiger partial charge in [-0.1, -0.05) is 6.92 Å². The molecule has 0 aliphatic rings. The van der Waals surface area contributed by atoms with Crippen molar-refractivity contribution in [2.75, 3.05) is 24.7 Å². The summed E-state index contributed by atoms with van der Waals surface area (Å²) in [4.78, 5) is 11.8. The average Bonchev–Trinajstić information content (AvgIpc) is 2.62. The van der Waals surface area contributed by atoms with Crippen molar-refractivity contribution >= 4 is 17.6 Å². The van der Waals surface area contributed by atoms with E-state index in [2.05, 4.69) is 10.4 Å². The molecule has 0 unspecified atom stereocenters. The normalized spacial score (nSPS) is 11.4. The maximum Gasteiger partial charge on any atom is 0.345 e. The van der Waals surface area contributed by atoms with Gasteiger partial charge in [-0.05, 0) is 27.2 Å². The molecule has 0 aromatic carbocycles. The summed E-state index contributed by atoms with van der Waals surface area (Å²) in [5.74, 6) is 0.339. The van der Waals surface area contributed by atoms with Crippen molar-refractivity contribution < 1.29 is 9.53 Å². The molecule has 0 aliphatic heterocycles. The molecule has 1 heterocycles. The van der Waals surface area contributed by atoms with E-state index in [0.717, 1.165) is 13.0 Å². The number of nitrogens with zero attached hydrogens (tertiary/aromatic N) is 2. The molecule has 3 N–H and O–H groups in total. The highest BCUT2D eigenvalue weighted by atomic mass is 16.5. The Morgan fingerprint density at radius 2 is 2.11 bits per heavy atom. The van der Waals surface area contributed by atoms with Gasteiger partial charge in [0, 0.05) is 6.54 Å². The molecule has 0 bridgehead atoms. The zero-order chi connectivity index (χ0) is 13.9. The van der Waals surface area contributed by atoms with Crippen molar-refractivity contribution in [2.24, 2.45) is 0 Å². The summed E-state index contributed by atoms with van der Waals surface area (Å²) in [6.45, 7) is 8.68. The number of nitrogen functional groups attached to an aromatic ring is 1. The third-order valence-corrected chi connectivity index (χ3v) is 2.49. The second-order valence-electron chi connectivity index (χ2n) is 5.11. The second-order valence-corrected chi connectivity index (χ2v) is 5.11. The van der Waals surface area contributed by atoms with Crippen LogP contribution in [0.15, 0.2) is 0 Å². The third kappa shape index (κ3) is 2.75. The van der Waals surface area contributed by atoms with E-state index in [-0.39, 0.29) is 5.54 Å². The van der Waals surface area contributed by atoms with Crippen LogP contribution < -0.4 is 11.1 Å². The Morgan fingerprint density at radius 1 is 1.50 bits per heavy atom. The van der Waals surface area contributed by atoms with Gasteiger partial charge in [0.25, 0.3) is 0 Å². The topological polar surface area (TPSA) is 82.2 Å². The molecule has 6 nitrogen and oxygen atoms in total. The minimum absolute atomic E-state index is 0.293. The van der Waals surface area contributed by atoms with E-state index in [1.54, 1.807) is 4.68 Å². The van der Waals surface area contributed by atoms with Gasteiger partial charge in [-0.25, -0.2) is 9.48 Å². The number of esters is 1. The number of nitrogens with one attached hydrogen (secondary N) is 1. The van der Waals surface area contributed by atoms with Crippen molar-refractivity contribution in [3.8, 4) is 0 Å². The van der Waals surface area contributed by atoms with Gasteiger partial charge in [-0.3, -0.25) is 0 Å².